The highest BCUT2D eigenvalue weighted by Crippen LogP contribution is 2.16. The summed E-state index contributed by atoms with van der Waals surface area (Å²) in [7, 11) is -3.42. The lowest BCUT2D eigenvalue weighted by molar-refractivity contribution is 0.379. The fraction of sp³-hybridized carbons (Fsp3) is 0.263. The molecule has 3 rings (SSSR count). The van der Waals surface area contributed by atoms with Gasteiger partial charge in [-0.1, -0.05) is 59.3 Å². The third-order valence-electron chi connectivity index (χ3n) is 4.05. The molecule has 1 heterocycles. The standard InChI is InChI=1S/C19H21N3O3S/c1-14-7-9-16(10-8-14)19-21-18(25-22-19)11-12-20-26(23,24)13-17-6-4-3-5-15(17)2/h3-10,20H,11-13H2,1-2H3. The van der Waals surface area contributed by atoms with Gasteiger partial charge in [-0.25, -0.2) is 13.1 Å². The number of aromatic nitrogens is 2. The Morgan fingerprint density at radius 3 is 2.50 bits per heavy atom. The van der Waals surface area contributed by atoms with Crippen LogP contribution in [0.4, 0.5) is 0 Å². The molecule has 3 aromatic rings. The van der Waals surface area contributed by atoms with Crippen LogP contribution in [-0.4, -0.2) is 25.1 Å². The van der Waals surface area contributed by atoms with Gasteiger partial charge >= 0.3 is 0 Å². The zero-order chi connectivity index (χ0) is 18.6. The largest absolute Gasteiger partial charge is 0.339 e. The summed E-state index contributed by atoms with van der Waals surface area (Å²) in [6, 6.07) is 15.2. The minimum Gasteiger partial charge on any atom is -0.339 e. The molecule has 1 N–H and O–H groups in total. The van der Waals surface area contributed by atoms with E-state index in [0.717, 1.165) is 22.3 Å². The normalized spacial score (nSPS) is 11.6. The van der Waals surface area contributed by atoms with Crippen LogP contribution < -0.4 is 4.72 Å². The summed E-state index contributed by atoms with van der Waals surface area (Å²) in [6.45, 7) is 4.12. The summed E-state index contributed by atoms with van der Waals surface area (Å²) in [5.74, 6) is 0.861. The van der Waals surface area contributed by atoms with Crippen LogP contribution in [0.25, 0.3) is 11.4 Å². The first-order chi connectivity index (χ1) is 12.4. The molecule has 0 unspecified atom stereocenters. The molecule has 7 heteroatoms. The lowest BCUT2D eigenvalue weighted by atomic mass is 10.1. The van der Waals surface area contributed by atoms with E-state index in [1.54, 1.807) is 0 Å². The molecule has 0 aliphatic rings. The topological polar surface area (TPSA) is 85.1 Å². The fourth-order valence-corrected chi connectivity index (χ4v) is 3.77. The quantitative estimate of drug-likeness (QED) is 0.690. The molecule has 6 nitrogen and oxygen atoms in total. The maximum atomic E-state index is 12.2. The molecule has 0 atom stereocenters. The molecule has 0 aliphatic carbocycles. The Bertz CT molecular complexity index is 979. The predicted octanol–water partition coefficient (Wildman–Crippen LogP) is 3.02. The highest BCUT2D eigenvalue weighted by atomic mass is 32.2. The van der Waals surface area contributed by atoms with Crippen LogP contribution >= 0.6 is 0 Å². The number of aryl methyl sites for hydroxylation is 2. The SMILES string of the molecule is Cc1ccc(-c2noc(CCNS(=O)(=O)Cc3ccccc3C)n2)cc1. The van der Waals surface area contributed by atoms with E-state index in [1.165, 1.54) is 0 Å². The van der Waals surface area contributed by atoms with Crippen LogP contribution in [0.5, 0.6) is 0 Å². The van der Waals surface area contributed by atoms with E-state index in [4.69, 9.17) is 4.52 Å². The summed E-state index contributed by atoms with van der Waals surface area (Å²) in [6.07, 6.45) is 0.339. The summed E-state index contributed by atoms with van der Waals surface area (Å²) in [5, 5.41) is 3.95. The summed E-state index contributed by atoms with van der Waals surface area (Å²) in [4.78, 5) is 4.32. The van der Waals surface area contributed by atoms with Gasteiger partial charge in [-0.3, -0.25) is 0 Å². The molecule has 0 saturated heterocycles. The Labute approximate surface area is 153 Å². The van der Waals surface area contributed by atoms with Crippen molar-refractivity contribution in [3.05, 3.63) is 71.1 Å². The fourth-order valence-electron chi connectivity index (χ4n) is 2.52. The van der Waals surface area contributed by atoms with E-state index >= 15 is 0 Å². The van der Waals surface area contributed by atoms with Gasteiger partial charge in [-0.2, -0.15) is 4.98 Å². The Kier molecular flexibility index (Phi) is 5.49. The van der Waals surface area contributed by atoms with Gasteiger partial charge in [0.25, 0.3) is 0 Å². The molecule has 0 fully saturated rings. The lowest BCUT2D eigenvalue weighted by Crippen LogP contribution is -2.27. The van der Waals surface area contributed by atoms with Crippen molar-refractivity contribution >= 4 is 10.0 Å². The van der Waals surface area contributed by atoms with Gasteiger partial charge in [0.15, 0.2) is 0 Å². The minimum atomic E-state index is -3.42. The van der Waals surface area contributed by atoms with E-state index in [1.807, 2.05) is 62.4 Å². The van der Waals surface area contributed by atoms with E-state index in [0.29, 0.717) is 18.1 Å². The van der Waals surface area contributed by atoms with Crippen LogP contribution in [0.3, 0.4) is 0 Å². The molecular formula is C19H21N3O3S. The number of rotatable bonds is 7. The third-order valence-corrected chi connectivity index (χ3v) is 5.38. The Hall–Kier alpha value is -2.51. The first kappa shape index (κ1) is 18.3. The van der Waals surface area contributed by atoms with Crippen molar-refractivity contribution in [1.82, 2.24) is 14.9 Å². The molecule has 1 aromatic heterocycles. The van der Waals surface area contributed by atoms with Crippen LogP contribution in [0.2, 0.25) is 0 Å². The first-order valence-electron chi connectivity index (χ1n) is 8.34. The number of nitrogens with one attached hydrogen (secondary N) is 1. The van der Waals surface area contributed by atoms with Gasteiger partial charge in [0.2, 0.25) is 21.7 Å². The molecule has 0 bridgehead atoms. The first-order valence-corrected chi connectivity index (χ1v) is 10.00. The molecule has 0 saturated carbocycles. The van der Waals surface area contributed by atoms with Crippen molar-refractivity contribution in [1.29, 1.82) is 0 Å². The van der Waals surface area contributed by atoms with Crippen molar-refractivity contribution in [2.24, 2.45) is 0 Å². The average molecular weight is 371 g/mol. The average Bonchev–Trinajstić information content (AvgIpc) is 3.06. The van der Waals surface area contributed by atoms with Crippen LogP contribution in [0.15, 0.2) is 53.1 Å². The monoisotopic (exact) mass is 371 g/mol. The van der Waals surface area contributed by atoms with E-state index in [-0.39, 0.29) is 12.3 Å². The van der Waals surface area contributed by atoms with Gasteiger partial charge < -0.3 is 4.52 Å². The lowest BCUT2D eigenvalue weighted by Gasteiger charge is -2.07. The maximum absolute atomic E-state index is 12.2. The van der Waals surface area contributed by atoms with Gasteiger partial charge in [0, 0.05) is 18.5 Å². The second-order valence-corrected chi connectivity index (χ2v) is 8.01. The predicted molar refractivity (Wildman–Crippen MR) is 100.0 cm³/mol. The van der Waals surface area contributed by atoms with Gasteiger partial charge in [-0.05, 0) is 25.0 Å². The number of nitrogens with zero attached hydrogens (tertiary/aromatic N) is 2. The van der Waals surface area contributed by atoms with Crippen molar-refractivity contribution < 1.29 is 12.9 Å². The van der Waals surface area contributed by atoms with Crippen LogP contribution in [-0.2, 0) is 22.2 Å². The van der Waals surface area contributed by atoms with Crippen molar-refractivity contribution in [2.75, 3.05) is 6.54 Å². The second kappa shape index (κ2) is 7.80. The molecule has 0 amide bonds. The summed E-state index contributed by atoms with van der Waals surface area (Å²) in [5.41, 5.74) is 3.77. The molecular weight excluding hydrogens is 350 g/mol. The number of hydrogen-bond donors (Lipinski definition) is 1. The Morgan fingerprint density at radius 2 is 1.77 bits per heavy atom. The molecule has 0 radical (unpaired) electrons. The van der Waals surface area contributed by atoms with Crippen molar-refractivity contribution in [3.63, 3.8) is 0 Å². The molecule has 0 spiro atoms. The second-order valence-electron chi connectivity index (χ2n) is 6.21. The minimum absolute atomic E-state index is 0.0435. The zero-order valence-electron chi connectivity index (χ0n) is 14.8. The van der Waals surface area contributed by atoms with Crippen LogP contribution in [0.1, 0.15) is 22.6 Å². The van der Waals surface area contributed by atoms with E-state index < -0.39 is 10.0 Å². The van der Waals surface area contributed by atoms with E-state index in [2.05, 4.69) is 14.9 Å². The molecule has 0 aliphatic heterocycles. The molecule has 2 aromatic carbocycles. The third kappa shape index (κ3) is 4.77. The Morgan fingerprint density at radius 1 is 1.04 bits per heavy atom. The highest BCUT2D eigenvalue weighted by Gasteiger charge is 2.14. The van der Waals surface area contributed by atoms with Crippen LogP contribution in [0, 0.1) is 13.8 Å². The maximum Gasteiger partial charge on any atom is 0.228 e. The summed E-state index contributed by atoms with van der Waals surface area (Å²) >= 11 is 0. The van der Waals surface area contributed by atoms with E-state index in [9.17, 15) is 8.42 Å². The summed E-state index contributed by atoms with van der Waals surface area (Å²) < 4.78 is 32.2. The number of sulfonamides is 1. The highest BCUT2D eigenvalue weighted by molar-refractivity contribution is 7.88. The van der Waals surface area contributed by atoms with Gasteiger partial charge in [0.1, 0.15) is 0 Å². The van der Waals surface area contributed by atoms with Crippen molar-refractivity contribution in [2.45, 2.75) is 26.0 Å². The number of benzene rings is 2. The number of hydrogen-bond acceptors (Lipinski definition) is 5. The van der Waals surface area contributed by atoms with Gasteiger partial charge in [0.05, 0.1) is 5.75 Å². The smallest absolute Gasteiger partial charge is 0.228 e. The van der Waals surface area contributed by atoms with Gasteiger partial charge in [-0.15, -0.1) is 0 Å². The zero-order valence-corrected chi connectivity index (χ0v) is 15.6. The Balaban J connectivity index is 1.56. The molecule has 136 valence electrons. The van der Waals surface area contributed by atoms with Crippen molar-refractivity contribution in [3.8, 4) is 11.4 Å². The molecule has 26 heavy (non-hydrogen) atoms.